The van der Waals surface area contributed by atoms with Gasteiger partial charge in [0.25, 0.3) is 0 Å². The smallest absolute Gasteiger partial charge is 0.152 e. The molecule has 7 heteroatoms. The van der Waals surface area contributed by atoms with Crippen molar-refractivity contribution < 1.29 is 10.2 Å². The Kier molecular flexibility index (Phi) is 6.29. The fourth-order valence-electron chi connectivity index (χ4n) is 3.49. The number of halogens is 1. The Balaban J connectivity index is 1.91. The van der Waals surface area contributed by atoms with Crippen LogP contribution in [-0.2, 0) is 6.54 Å². The topological polar surface area (TPSA) is 62.5 Å². The summed E-state index contributed by atoms with van der Waals surface area (Å²) in [7, 11) is 2.02. The normalized spacial score (nSPS) is 20.7. The molecule has 1 aromatic rings. The molecule has 2 aliphatic rings. The molecule has 2 unspecified atom stereocenters. The minimum Gasteiger partial charge on any atom is -0.396 e. The Labute approximate surface area is 166 Å². The van der Waals surface area contributed by atoms with Gasteiger partial charge >= 0.3 is 0 Å². The number of hydrogen-bond donors (Lipinski definition) is 2. The van der Waals surface area contributed by atoms with Crippen LogP contribution in [0.1, 0.15) is 25.8 Å². The van der Waals surface area contributed by atoms with Gasteiger partial charge in [-0.05, 0) is 30.0 Å². The van der Waals surface area contributed by atoms with E-state index >= 15 is 0 Å². The quantitative estimate of drug-likeness (QED) is 0.745. The predicted molar refractivity (Wildman–Crippen MR) is 108 cm³/mol. The molecule has 27 heavy (non-hydrogen) atoms. The number of aliphatic hydroxyl groups excluding tert-OH is 2. The van der Waals surface area contributed by atoms with E-state index in [4.69, 9.17) is 21.7 Å². The summed E-state index contributed by atoms with van der Waals surface area (Å²) in [6, 6.07) is 7.79. The summed E-state index contributed by atoms with van der Waals surface area (Å²) >= 11 is 6.03. The zero-order valence-electron chi connectivity index (χ0n) is 16.2. The largest absolute Gasteiger partial charge is 0.396 e. The number of rotatable bonds is 7. The van der Waals surface area contributed by atoms with E-state index in [2.05, 4.69) is 20.9 Å². The zero-order valence-corrected chi connectivity index (χ0v) is 17.0. The highest BCUT2D eigenvalue weighted by atomic mass is 35.5. The molecule has 0 amide bonds. The van der Waals surface area contributed by atoms with Gasteiger partial charge in [0.05, 0.1) is 18.5 Å². The summed E-state index contributed by atoms with van der Waals surface area (Å²) in [5, 5.41) is 20.7. The van der Waals surface area contributed by atoms with E-state index in [1.165, 1.54) is 0 Å². The molecule has 0 aliphatic carbocycles. The van der Waals surface area contributed by atoms with Crippen molar-refractivity contribution in [3.05, 3.63) is 46.7 Å². The van der Waals surface area contributed by atoms with Crippen LogP contribution in [0.3, 0.4) is 0 Å². The molecule has 0 saturated carbocycles. The first-order chi connectivity index (χ1) is 12.9. The van der Waals surface area contributed by atoms with E-state index in [1.54, 1.807) is 0 Å². The van der Waals surface area contributed by atoms with Crippen molar-refractivity contribution in [2.24, 2.45) is 10.9 Å². The Morgan fingerprint density at radius 2 is 1.96 bits per heavy atom. The lowest BCUT2D eigenvalue weighted by molar-refractivity contribution is 0.0427. The SMILES string of the molecule is CC(C)C(O)C1N=C2C(=CN(CCCO)CN2C)N1Cc1ccc(Cl)cc1. The summed E-state index contributed by atoms with van der Waals surface area (Å²) in [5.74, 6) is 1.01. The van der Waals surface area contributed by atoms with E-state index in [0.29, 0.717) is 11.6 Å². The van der Waals surface area contributed by atoms with Crippen LogP contribution in [0.15, 0.2) is 41.2 Å². The molecule has 0 fully saturated rings. The van der Waals surface area contributed by atoms with Gasteiger partial charge in [0.2, 0.25) is 0 Å². The van der Waals surface area contributed by atoms with E-state index in [1.807, 2.05) is 45.2 Å². The molecular formula is C20H29ClN4O2. The minimum absolute atomic E-state index is 0.101. The van der Waals surface area contributed by atoms with Gasteiger partial charge in [-0.15, -0.1) is 0 Å². The van der Waals surface area contributed by atoms with Crippen molar-refractivity contribution in [3.63, 3.8) is 0 Å². The number of amidine groups is 1. The summed E-state index contributed by atoms with van der Waals surface area (Å²) in [6.45, 7) is 6.35. The lowest BCUT2D eigenvalue weighted by Gasteiger charge is -2.37. The van der Waals surface area contributed by atoms with Crippen molar-refractivity contribution in [1.29, 1.82) is 0 Å². The van der Waals surface area contributed by atoms with Crippen LogP contribution >= 0.6 is 11.6 Å². The third-order valence-electron chi connectivity index (χ3n) is 5.03. The molecule has 0 aromatic heterocycles. The van der Waals surface area contributed by atoms with E-state index in [9.17, 15) is 5.11 Å². The Morgan fingerprint density at radius 3 is 2.59 bits per heavy atom. The van der Waals surface area contributed by atoms with Gasteiger partial charge in [-0.25, -0.2) is 4.99 Å². The van der Waals surface area contributed by atoms with Crippen molar-refractivity contribution >= 4 is 17.4 Å². The average Bonchev–Trinajstić information content (AvgIpc) is 3.00. The standard InChI is InChI=1S/C20H29ClN4O2/c1-14(2)18(27)20-22-19-17(12-24(9-4-10-26)13-23(19)3)25(20)11-15-5-7-16(21)8-6-15/h5-8,12,14,18,20,26-27H,4,9-11,13H2,1-3H3. The molecule has 2 aliphatic heterocycles. The third-order valence-corrected chi connectivity index (χ3v) is 5.28. The zero-order chi connectivity index (χ0) is 19.6. The molecule has 0 spiro atoms. The van der Waals surface area contributed by atoms with Crippen LogP contribution in [0.4, 0.5) is 0 Å². The van der Waals surface area contributed by atoms with Crippen molar-refractivity contribution in [1.82, 2.24) is 14.7 Å². The van der Waals surface area contributed by atoms with Gasteiger partial charge in [0.1, 0.15) is 6.17 Å². The van der Waals surface area contributed by atoms with Crippen LogP contribution in [0.25, 0.3) is 0 Å². The molecule has 0 radical (unpaired) electrons. The maximum atomic E-state index is 10.8. The van der Waals surface area contributed by atoms with E-state index < -0.39 is 6.10 Å². The Hall–Kier alpha value is -1.76. The molecular weight excluding hydrogens is 364 g/mol. The summed E-state index contributed by atoms with van der Waals surface area (Å²) in [5.41, 5.74) is 2.13. The predicted octanol–water partition coefficient (Wildman–Crippen LogP) is 2.33. The number of likely N-dealkylation sites (N-methyl/N-ethyl adjacent to an activating group) is 1. The summed E-state index contributed by atoms with van der Waals surface area (Å²) in [4.78, 5) is 11.3. The first-order valence-corrected chi connectivity index (χ1v) is 9.83. The fraction of sp³-hybridized carbons (Fsp3) is 0.550. The second-order valence-electron chi connectivity index (χ2n) is 7.60. The number of benzene rings is 1. The highest BCUT2D eigenvalue weighted by Crippen LogP contribution is 2.31. The molecule has 3 rings (SSSR count). The molecule has 2 heterocycles. The van der Waals surface area contributed by atoms with E-state index in [0.717, 1.165) is 36.7 Å². The van der Waals surface area contributed by atoms with E-state index in [-0.39, 0.29) is 18.7 Å². The lowest BCUT2D eigenvalue weighted by Crippen LogP contribution is -2.45. The van der Waals surface area contributed by atoms with Gasteiger partial charge in [0.15, 0.2) is 5.84 Å². The van der Waals surface area contributed by atoms with Gasteiger partial charge < -0.3 is 24.9 Å². The van der Waals surface area contributed by atoms with Crippen LogP contribution in [0.5, 0.6) is 0 Å². The Bertz CT molecular complexity index is 704. The molecule has 0 saturated heterocycles. The highest BCUT2D eigenvalue weighted by Gasteiger charge is 2.40. The third kappa shape index (κ3) is 4.39. The van der Waals surface area contributed by atoms with Crippen molar-refractivity contribution in [2.75, 3.05) is 26.9 Å². The second-order valence-corrected chi connectivity index (χ2v) is 8.03. The first kappa shape index (κ1) is 20.0. The van der Waals surface area contributed by atoms with Crippen LogP contribution in [0, 0.1) is 5.92 Å². The highest BCUT2D eigenvalue weighted by molar-refractivity contribution is 6.30. The number of nitrogens with zero attached hydrogens (tertiary/aromatic N) is 4. The van der Waals surface area contributed by atoms with Crippen LogP contribution in [-0.4, -0.2) is 69.9 Å². The van der Waals surface area contributed by atoms with Gasteiger partial charge in [-0.2, -0.15) is 0 Å². The summed E-state index contributed by atoms with van der Waals surface area (Å²) < 4.78 is 0. The monoisotopic (exact) mass is 392 g/mol. The van der Waals surface area contributed by atoms with Gasteiger partial charge in [-0.1, -0.05) is 37.6 Å². The molecule has 2 atom stereocenters. The minimum atomic E-state index is -0.560. The second kappa shape index (κ2) is 8.50. The molecule has 6 nitrogen and oxygen atoms in total. The maximum absolute atomic E-state index is 10.8. The van der Waals surface area contributed by atoms with Crippen molar-refractivity contribution in [3.8, 4) is 0 Å². The average molecular weight is 393 g/mol. The maximum Gasteiger partial charge on any atom is 0.152 e. The number of hydrogen-bond acceptors (Lipinski definition) is 6. The molecule has 0 bridgehead atoms. The summed E-state index contributed by atoms with van der Waals surface area (Å²) in [6.07, 6.45) is 1.95. The van der Waals surface area contributed by atoms with Gasteiger partial charge in [-0.3, -0.25) is 0 Å². The first-order valence-electron chi connectivity index (χ1n) is 9.46. The lowest BCUT2D eigenvalue weighted by atomic mass is 10.0. The molecule has 148 valence electrons. The Morgan fingerprint density at radius 1 is 1.26 bits per heavy atom. The van der Waals surface area contributed by atoms with Crippen LogP contribution < -0.4 is 0 Å². The fourth-order valence-corrected chi connectivity index (χ4v) is 3.62. The molecule has 2 N–H and O–H groups in total. The number of aliphatic imine (C=N–C) groups is 1. The van der Waals surface area contributed by atoms with Crippen LogP contribution in [0.2, 0.25) is 5.02 Å². The molecule has 1 aromatic carbocycles. The number of aliphatic hydroxyl groups is 2. The van der Waals surface area contributed by atoms with Crippen molar-refractivity contribution in [2.45, 2.75) is 39.1 Å². The number of fused-ring (bicyclic) bond motifs is 1. The van der Waals surface area contributed by atoms with Gasteiger partial charge in [0, 0.05) is 38.0 Å².